The predicted octanol–water partition coefficient (Wildman–Crippen LogP) is 3.25. The summed E-state index contributed by atoms with van der Waals surface area (Å²) in [5, 5.41) is 17.4. The van der Waals surface area contributed by atoms with Gasteiger partial charge in [0.25, 0.3) is 11.6 Å². The SMILES string of the molecule is COc1ccc(-c2noc(CNC(=O)c3cc([N+](=O)[O-])ccc3Cl)n2)c(OC)c1. The number of halogens is 1. The Morgan fingerprint density at radius 1 is 1.24 bits per heavy atom. The summed E-state index contributed by atoms with van der Waals surface area (Å²) < 4.78 is 15.6. The number of benzene rings is 2. The van der Waals surface area contributed by atoms with Crippen molar-refractivity contribution in [2.75, 3.05) is 14.2 Å². The van der Waals surface area contributed by atoms with Gasteiger partial charge < -0.3 is 19.3 Å². The van der Waals surface area contributed by atoms with Gasteiger partial charge in [0, 0.05) is 18.2 Å². The van der Waals surface area contributed by atoms with Crippen LogP contribution in [0.15, 0.2) is 40.9 Å². The average molecular weight is 419 g/mol. The fraction of sp³-hybridized carbons (Fsp3) is 0.167. The third-order valence-corrected chi connectivity index (χ3v) is 4.25. The number of nitro groups is 1. The molecule has 3 aromatic rings. The Labute approximate surface area is 169 Å². The number of ether oxygens (including phenoxy) is 2. The van der Waals surface area contributed by atoms with Gasteiger partial charge in [-0.05, 0) is 18.2 Å². The number of aromatic nitrogens is 2. The molecule has 0 saturated carbocycles. The molecule has 29 heavy (non-hydrogen) atoms. The number of hydrogen-bond acceptors (Lipinski definition) is 8. The highest BCUT2D eigenvalue weighted by molar-refractivity contribution is 6.33. The molecule has 1 amide bonds. The normalized spacial score (nSPS) is 10.4. The molecule has 1 N–H and O–H groups in total. The smallest absolute Gasteiger partial charge is 0.270 e. The minimum atomic E-state index is -0.611. The van der Waals surface area contributed by atoms with Crippen LogP contribution >= 0.6 is 11.6 Å². The molecule has 150 valence electrons. The van der Waals surface area contributed by atoms with Gasteiger partial charge in [0.15, 0.2) is 0 Å². The van der Waals surface area contributed by atoms with E-state index in [-0.39, 0.29) is 34.5 Å². The van der Waals surface area contributed by atoms with Gasteiger partial charge in [-0.2, -0.15) is 4.98 Å². The maximum atomic E-state index is 12.3. The van der Waals surface area contributed by atoms with Crippen molar-refractivity contribution in [3.63, 3.8) is 0 Å². The van der Waals surface area contributed by atoms with Gasteiger partial charge in [-0.1, -0.05) is 16.8 Å². The molecule has 0 aliphatic carbocycles. The minimum absolute atomic E-state index is 0.0302. The van der Waals surface area contributed by atoms with Crippen LogP contribution in [0.4, 0.5) is 5.69 Å². The van der Waals surface area contributed by atoms with Gasteiger partial charge in [-0.3, -0.25) is 14.9 Å². The fourth-order valence-corrected chi connectivity index (χ4v) is 2.67. The van der Waals surface area contributed by atoms with E-state index in [0.717, 1.165) is 6.07 Å². The van der Waals surface area contributed by atoms with E-state index in [1.807, 2.05) is 0 Å². The first-order chi connectivity index (χ1) is 13.9. The molecule has 11 heteroatoms. The summed E-state index contributed by atoms with van der Waals surface area (Å²) in [5.74, 6) is 0.884. The van der Waals surface area contributed by atoms with Crippen LogP contribution < -0.4 is 14.8 Å². The molecular formula is C18H15ClN4O6. The summed E-state index contributed by atoms with van der Waals surface area (Å²) in [6.07, 6.45) is 0. The van der Waals surface area contributed by atoms with Gasteiger partial charge in [0.1, 0.15) is 11.5 Å². The number of non-ortho nitro benzene ring substituents is 1. The predicted molar refractivity (Wildman–Crippen MR) is 102 cm³/mol. The van der Waals surface area contributed by atoms with Crippen LogP contribution in [0.3, 0.4) is 0 Å². The standard InChI is InChI=1S/C18H15ClN4O6/c1-27-11-4-5-12(15(8-11)28-2)17-21-16(29-22-17)9-20-18(24)13-7-10(23(25)26)3-6-14(13)19/h3-8H,9H2,1-2H3,(H,20,24). The molecular weight excluding hydrogens is 404 g/mol. The molecule has 0 fully saturated rings. The zero-order chi connectivity index (χ0) is 21.0. The van der Waals surface area contributed by atoms with Gasteiger partial charge in [0.2, 0.25) is 11.7 Å². The lowest BCUT2D eigenvalue weighted by Gasteiger charge is -2.07. The Hall–Kier alpha value is -3.66. The van der Waals surface area contributed by atoms with Gasteiger partial charge in [-0.15, -0.1) is 0 Å². The van der Waals surface area contributed by atoms with E-state index in [2.05, 4.69) is 15.5 Å². The van der Waals surface area contributed by atoms with Crippen LogP contribution in [-0.4, -0.2) is 35.2 Å². The molecule has 0 unspecified atom stereocenters. The van der Waals surface area contributed by atoms with Crippen molar-refractivity contribution in [3.05, 3.63) is 63.0 Å². The zero-order valence-electron chi connectivity index (χ0n) is 15.3. The number of nitrogens with zero attached hydrogens (tertiary/aromatic N) is 3. The summed E-state index contributed by atoms with van der Waals surface area (Å²) >= 11 is 5.96. The summed E-state index contributed by atoms with van der Waals surface area (Å²) in [6.45, 7) is -0.0939. The molecule has 1 aromatic heterocycles. The Balaban J connectivity index is 1.74. The topological polar surface area (TPSA) is 130 Å². The third-order valence-electron chi connectivity index (χ3n) is 3.92. The lowest BCUT2D eigenvalue weighted by Crippen LogP contribution is -2.23. The van der Waals surface area contributed by atoms with E-state index in [9.17, 15) is 14.9 Å². The lowest BCUT2D eigenvalue weighted by molar-refractivity contribution is -0.384. The summed E-state index contributed by atoms with van der Waals surface area (Å²) in [5.41, 5.74) is 0.306. The molecule has 0 saturated heterocycles. The Kier molecular flexibility index (Phi) is 5.93. The number of carbonyl (C=O) groups is 1. The van der Waals surface area contributed by atoms with Crippen molar-refractivity contribution >= 4 is 23.2 Å². The quantitative estimate of drug-likeness (QED) is 0.457. The maximum Gasteiger partial charge on any atom is 0.270 e. The number of amides is 1. The van der Waals surface area contributed by atoms with Crippen LogP contribution in [0.2, 0.25) is 5.02 Å². The van der Waals surface area contributed by atoms with Crippen LogP contribution in [0.25, 0.3) is 11.4 Å². The average Bonchev–Trinajstić information content (AvgIpc) is 3.20. The van der Waals surface area contributed by atoms with E-state index < -0.39 is 10.8 Å². The van der Waals surface area contributed by atoms with Crippen molar-refractivity contribution in [3.8, 4) is 22.9 Å². The highest BCUT2D eigenvalue weighted by Crippen LogP contribution is 2.31. The second-order valence-electron chi connectivity index (χ2n) is 5.68. The number of methoxy groups -OCH3 is 2. The van der Waals surface area contributed by atoms with Crippen molar-refractivity contribution < 1.29 is 23.7 Å². The summed E-state index contributed by atoms with van der Waals surface area (Å²) in [4.78, 5) is 26.8. The number of nitro benzene ring substituents is 1. The molecule has 0 atom stereocenters. The fourth-order valence-electron chi connectivity index (χ4n) is 2.47. The highest BCUT2D eigenvalue weighted by Gasteiger charge is 2.18. The molecule has 0 spiro atoms. The molecule has 0 radical (unpaired) electrons. The number of hydrogen-bond donors (Lipinski definition) is 1. The van der Waals surface area contributed by atoms with E-state index in [4.69, 9.17) is 25.6 Å². The molecule has 0 aliphatic rings. The second-order valence-corrected chi connectivity index (χ2v) is 6.09. The van der Waals surface area contributed by atoms with E-state index in [1.165, 1.54) is 26.4 Å². The van der Waals surface area contributed by atoms with Crippen molar-refractivity contribution in [1.29, 1.82) is 0 Å². The number of nitrogens with one attached hydrogen (secondary N) is 1. The van der Waals surface area contributed by atoms with Crippen molar-refractivity contribution in [1.82, 2.24) is 15.5 Å². The monoisotopic (exact) mass is 418 g/mol. The third kappa shape index (κ3) is 4.43. The molecule has 10 nitrogen and oxygen atoms in total. The Morgan fingerprint density at radius 3 is 2.72 bits per heavy atom. The summed E-state index contributed by atoms with van der Waals surface area (Å²) in [6, 6.07) is 8.71. The second kappa shape index (κ2) is 8.57. The van der Waals surface area contributed by atoms with Crippen LogP contribution in [0.5, 0.6) is 11.5 Å². The Bertz CT molecular complexity index is 1070. The molecule has 0 aliphatic heterocycles. The van der Waals surface area contributed by atoms with Crippen molar-refractivity contribution in [2.24, 2.45) is 0 Å². The van der Waals surface area contributed by atoms with Gasteiger partial charge in [0.05, 0.1) is 41.8 Å². The zero-order valence-corrected chi connectivity index (χ0v) is 16.1. The van der Waals surface area contributed by atoms with E-state index >= 15 is 0 Å². The minimum Gasteiger partial charge on any atom is -0.497 e. The van der Waals surface area contributed by atoms with Crippen molar-refractivity contribution in [2.45, 2.75) is 6.54 Å². The van der Waals surface area contributed by atoms with E-state index in [0.29, 0.717) is 17.1 Å². The first-order valence-corrected chi connectivity index (χ1v) is 8.58. The molecule has 1 heterocycles. The largest absolute Gasteiger partial charge is 0.497 e. The number of rotatable bonds is 7. The summed E-state index contributed by atoms with van der Waals surface area (Å²) in [7, 11) is 3.04. The van der Waals surface area contributed by atoms with Crippen LogP contribution in [0, 0.1) is 10.1 Å². The van der Waals surface area contributed by atoms with Crippen LogP contribution in [0.1, 0.15) is 16.2 Å². The van der Waals surface area contributed by atoms with E-state index in [1.54, 1.807) is 18.2 Å². The number of carbonyl (C=O) groups excluding carboxylic acids is 1. The van der Waals surface area contributed by atoms with Crippen LogP contribution in [-0.2, 0) is 6.54 Å². The Morgan fingerprint density at radius 2 is 2.03 bits per heavy atom. The van der Waals surface area contributed by atoms with Gasteiger partial charge >= 0.3 is 0 Å². The maximum absolute atomic E-state index is 12.3. The molecule has 0 bridgehead atoms. The molecule has 2 aromatic carbocycles. The highest BCUT2D eigenvalue weighted by atomic mass is 35.5. The first kappa shape index (κ1) is 20.1. The lowest BCUT2D eigenvalue weighted by atomic mass is 10.2. The van der Waals surface area contributed by atoms with Gasteiger partial charge in [-0.25, -0.2) is 0 Å². The first-order valence-electron chi connectivity index (χ1n) is 8.20. The molecule has 3 rings (SSSR count).